The molecule has 1 atom stereocenters. The van der Waals surface area contributed by atoms with E-state index in [1.54, 1.807) is 0 Å². The van der Waals surface area contributed by atoms with E-state index in [4.69, 9.17) is 4.52 Å². The van der Waals surface area contributed by atoms with Gasteiger partial charge in [-0.2, -0.15) is 4.98 Å². The van der Waals surface area contributed by atoms with Crippen LogP contribution >= 0.6 is 0 Å². The molecule has 0 aliphatic carbocycles. The maximum Gasteiger partial charge on any atom is 0.243 e. The molecule has 5 nitrogen and oxygen atoms in total. The highest BCUT2D eigenvalue weighted by Crippen LogP contribution is 2.20. The fraction of sp³-hybridized carbons (Fsp3) is 0.529. The fourth-order valence-electron chi connectivity index (χ4n) is 3.02. The van der Waals surface area contributed by atoms with Crippen molar-refractivity contribution in [3.8, 4) is 0 Å². The van der Waals surface area contributed by atoms with Crippen LogP contribution in [0, 0.1) is 13.8 Å². The summed E-state index contributed by atoms with van der Waals surface area (Å²) in [6.45, 7) is 11.4. The van der Waals surface area contributed by atoms with Crippen molar-refractivity contribution in [3.63, 3.8) is 0 Å². The number of piperazine rings is 1. The smallest absolute Gasteiger partial charge is 0.243 e. The molecule has 1 aromatic carbocycles. The first-order valence-electron chi connectivity index (χ1n) is 7.94. The first kappa shape index (κ1) is 15.2. The monoisotopic (exact) mass is 300 g/mol. The van der Waals surface area contributed by atoms with Gasteiger partial charge in [-0.25, -0.2) is 0 Å². The van der Waals surface area contributed by atoms with E-state index in [9.17, 15) is 0 Å². The van der Waals surface area contributed by atoms with E-state index in [0.717, 1.165) is 38.6 Å². The summed E-state index contributed by atoms with van der Waals surface area (Å²) in [5.74, 6) is 1.43. The zero-order valence-corrected chi connectivity index (χ0v) is 13.6. The largest absolute Gasteiger partial charge is 0.338 e. The Bertz CT molecular complexity index is 617. The van der Waals surface area contributed by atoms with Gasteiger partial charge in [0, 0.05) is 32.7 Å². The Balaban J connectivity index is 1.54. The van der Waals surface area contributed by atoms with E-state index >= 15 is 0 Å². The van der Waals surface area contributed by atoms with Gasteiger partial charge < -0.3 is 4.52 Å². The summed E-state index contributed by atoms with van der Waals surface area (Å²) in [5.41, 5.74) is 2.73. The van der Waals surface area contributed by atoms with Crippen molar-refractivity contribution in [2.24, 2.45) is 0 Å². The molecule has 1 aliphatic heterocycles. The van der Waals surface area contributed by atoms with Gasteiger partial charge in [-0.05, 0) is 26.3 Å². The summed E-state index contributed by atoms with van der Waals surface area (Å²) < 4.78 is 5.30. The lowest BCUT2D eigenvalue weighted by Crippen LogP contribution is -2.46. The van der Waals surface area contributed by atoms with Gasteiger partial charge in [0.1, 0.15) is 0 Å². The van der Waals surface area contributed by atoms with Crippen molar-refractivity contribution >= 4 is 0 Å². The molecule has 3 rings (SSSR count). The Morgan fingerprint density at radius 1 is 1.18 bits per heavy atom. The van der Waals surface area contributed by atoms with E-state index in [1.807, 2.05) is 6.92 Å². The molecule has 1 unspecified atom stereocenters. The third-order valence-electron chi connectivity index (χ3n) is 4.34. The van der Waals surface area contributed by atoms with Gasteiger partial charge in [-0.3, -0.25) is 9.80 Å². The summed E-state index contributed by atoms with van der Waals surface area (Å²) in [6.07, 6.45) is 0. The Hall–Kier alpha value is -1.72. The molecule has 0 bridgehead atoms. The SMILES string of the molecule is Cc1cccc(CN2CCN(C(C)c3nc(C)no3)CC2)c1. The maximum atomic E-state index is 5.30. The minimum Gasteiger partial charge on any atom is -0.338 e. The summed E-state index contributed by atoms with van der Waals surface area (Å²) in [6, 6.07) is 8.97. The number of aryl methyl sites for hydroxylation is 2. The second kappa shape index (κ2) is 6.58. The van der Waals surface area contributed by atoms with Crippen LogP contribution in [0.4, 0.5) is 0 Å². The number of aromatic nitrogens is 2. The minimum atomic E-state index is 0.197. The van der Waals surface area contributed by atoms with Gasteiger partial charge in [0.05, 0.1) is 6.04 Å². The summed E-state index contributed by atoms with van der Waals surface area (Å²) >= 11 is 0. The lowest BCUT2D eigenvalue weighted by molar-refractivity contribution is 0.0845. The third kappa shape index (κ3) is 3.54. The first-order chi connectivity index (χ1) is 10.6. The highest BCUT2D eigenvalue weighted by atomic mass is 16.5. The average Bonchev–Trinajstić information content (AvgIpc) is 2.94. The van der Waals surface area contributed by atoms with Crippen molar-refractivity contribution < 1.29 is 4.52 Å². The first-order valence-corrected chi connectivity index (χ1v) is 7.94. The zero-order chi connectivity index (χ0) is 15.5. The van der Waals surface area contributed by atoms with Crippen LogP contribution in [-0.4, -0.2) is 46.1 Å². The standard InChI is InChI=1S/C17H24N4O/c1-13-5-4-6-16(11-13)12-20-7-9-21(10-8-20)14(2)17-18-15(3)19-22-17/h4-6,11,14H,7-10,12H2,1-3H3. The molecule has 0 N–H and O–H groups in total. The van der Waals surface area contributed by atoms with Gasteiger partial charge in [0.15, 0.2) is 5.82 Å². The summed E-state index contributed by atoms with van der Waals surface area (Å²) in [7, 11) is 0. The number of rotatable bonds is 4. The molecule has 0 spiro atoms. The van der Waals surface area contributed by atoms with E-state index in [1.165, 1.54) is 11.1 Å². The molecule has 0 amide bonds. The van der Waals surface area contributed by atoms with Crippen molar-refractivity contribution in [2.45, 2.75) is 33.4 Å². The second-order valence-corrected chi connectivity index (χ2v) is 6.16. The van der Waals surface area contributed by atoms with Gasteiger partial charge in [-0.15, -0.1) is 0 Å². The fourth-order valence-corrected chi connectivity index (χ4v) is 3.02. The number of hydrogen-bond acceptors (Lipinski definition) is 5. The molecule has 118 valence electrons. The van der Waals surface area contributed by atoms with Crippen molar-refractivity contribution in [2.75, 3.05) is 26.2 Å². The lowest BCUT2D eigenvalue weighted by atomic mass is 10.1. The van der Waals surface area contributed by atoms with Crippen molar-refractivity contribution in [3.05, 3.63) is 47.1 Å². The lowest BCUT2D eigenvalue weighted by Gasteiger charge is -2.36. The average molecular weight is 300 g/mol. The molecule has 22 heavy (non-hydrogen) atoms. The minimum absolute atomic E-state index is 0.197. The Morgan fingerprint density at radius 2 is 1.95 bits per heavy atom. The van der Waals surface area contributed by atoms with Crippen LogP contribution in [0.1, 0.15) is 35.8 Å². The second-order valence-electron chi connectivity index (χ2n) is 6.16. The van der Waals surface area contributed by atoms with Crippen LogP contribution < -0.4 is 0 Å². The number of hydrogen-bond donors (Lipinski definition) is 0. The van der Waals surface area contributed by atoms with E-state index in [0.29, 0.717) is 5.82 Å². The van der Waals surface area contributed by atoms with Crippen LogP contribution in [0.5, 0.6) is 0 Å². The molecule has 5 heteroatoms. The van der Waals surface area contributed by atoms with Gasteiger partial charge in [0.25, 0.3) is 0 Å². The molecule has 1 aromatic heterocycles. The Labute approximate surface area is 131 Å². The molecule has 1 aliphatic rings. The molecule has 0 saturated carbocycles. The normalized spacial score (nSPS) is 18.5. The van der Waals surface area contributed by atoms with Crippen LogP contribution in [0.2, 0.25) is 0 Å². The summed E-state index contributed by atoms with van der Waals surface area (Å²) in [5, 5.41) is 3.89. The van der Waals surface area contributed by atoms with Gasteiger partial charge in [-0.1, -0.05) is 35.0 Å². The van der Waals surface area contributed by atoms with E-state index in [2.05, 4.69) is 58.1 Å². The van der Waals surface area contributed by atoms with Crippen LogP contribution in [-0.2, 0) is 6.54 Å². The maximum absolute atomic E-state index is 5.30. The molecule has 1 fully saturated rings. The molecule has 2 aromatic rings. The topological polar surface area (TPSA) is 45.4 Å². The predicted molar refractivity (Wildman–Crippen MR) is 85.5 cm³/mol. The van der Waals surface area contributed by atoms with Gasteiger partial charge in [0.2, 0.25) is 5.89 Å². The zero-order valence-electron chi connectivity index (χ0n) is 13.6. The van der Waals surface area contributed by atoms with Crippen molar-refractivity contribution in [1.82, 2.24) is 19.9 Å². The van der Waals surface area contributed by atoms with E-state index in [-0.39, 0.29) is 6.04 Å². The van der Waals surface area contributed by atoms with Crippen LogP contribution in [0.3, 0.4) is 0 Å². The Kier molecular flexibility index (Phi) is 4.55. The van der Waals surface area contributed by atoms with Crippen molar-refractivity contribution in [1.29, 1.82) is 0 Å². The molecular weight excluding hydrogens is 276 g/mol. The number of benzene rings is 1. The third-order valence-corrected chi connectivity index (χ3v) is 4.34. The molecule has 2 heterocycles. The summed E-state index contributed by atoms with van der Waals surface area (Å²) in [4.78, 5) is 9.28. The molecular formula is C17H24N4O. The predicted octanol–water partition coefficient (Wildman–Crippen LogP) is 2.57. The molecule has 1 saturated heterocycles. The Morgan fingerprint density at radius 3 is 2.59 bits per heavy atom. The van der Waals surface area contributed by atoms with Crippen LogP contribution in [0.15, 0.2) is 28.8 Å². The van der Waals surface area contributed by atoms with Crippen LogP contribution in [0.25, 0.3) is 0 Å². The quantitative estimate of drug-likeness (QED) is 0.868. The van der Waals surface area contributed by atoms with E-state index < -0.39 is 0 Å². The number of nitrogens with zero attached hydrogens (tertiary/aromatic N) is 4. The highest BCUT2D eigenvalue weighted by molar-refractivity contribution is 5.22. The molecule has 0 radical (unpaired) electrons. The van der Waals surface area contributed by atoms with Gasteiger partial charge >= 0.3 is 0 Å². The highest BCUT2D eigenvalue weighted by Gasteiger charge is 2.25.